The Morgan fingerprint density at radius 3 is 2.07 bits per heavy atom. The Balaban J connectivity index is 1.91. The van der Waals surface area contributed by atoms with E-state index in [1.54, 1.807) is 49.7 Å². The monoisotopic (exact) mass is 795 g/mol. The Hall–Kier alpha value is -4.33. The van der Waals surface area contributed by atoms with Gasteiger partial charge < -0.3 is 29.8 Å². The average molecular weight is 796 g/mol. The van der Waals surface area contributed by atoms with Gasteiger partial charge in [-0.1, -0.05) is 78.8 Å². The lowest BCUT2D eigenvalue weighted by Crippen LogP contribution is -2.60. The summed E-state index contributed by atoms with van der Waals surface area (Å²) in [5, 5.41) is 3.00. The van der Waals surface area contributed by atoms with Crippen LogP contribution in [0.3, 0.4) is 0 Å². The van der Waals surface area contributed by atoms with Crippen LogP contribution in [0.5, 0.6) is 0 Å². The molecule has 1 aliphatic rings. The van der Waals surface area contributed by atoms with E-state index in [9.17, 15) is 28.8 Å². The van der Waals surface area contributed by atoms with Crippen molar-refractivity contribution < 1.29 is 28.8 Å². The maximum absolute atomic E-state index is 14.5. The third-order valence-corrected chi connectivity index (χ3v) is 11.4. The molecule has 1 aromatic heterocycles. The summed E-state index contributed by atoms with van der Waals surface area (Å²) in [6.45, 7) is 14.1. The first-order chi connectivity index (χ1) is 26.4. The van der Waals surface area contributed by atoms with E-state index in [1.165, 1.54) is 26.0 Å². The maximum atomic E-state index is 14.5. The summed E-state index contributed by atoms with van der Waals surface area (Å²) in [6.07, 6.45) is 4.21. The van der Waals surface area contributed by atoms with E-state index in [2.05, 4.69) is 10.3 Å². The van der Waals surface area contributed by atoms with E-state index in [0.717, 1.165) is 10.4 Å². The number of likely N-dealkylation sites (tertiary alicyclic amines) is 1. The third kappa shape index (κ3) is 11.8. The van der Waals surface area contributed by atoms with Crippen LogP contribution in [-0.2, 0) is 41.7 Å². The van der Waals surface area contributed by atoms with Gasteiger partial charge in [0.15, 0.2) is 0 Å². The van der Waals surface area contributed by atoms with Gasteiger partial charge in [-0.3, -0.25) is 33.8 Å². The molecule has 0 aliphatic carbocycles. The number of benzene rings is 1. The second-order valence-electron chi connectivity index (χ2n) is 16.3. The van der Waals surface area contributed by atoms with Crippen LogP contribution < -0.4 is 5.32 Å². The van der Waals surface area contributed by atoms with Crippen LogP contribution in [-0.4, -0.2) is 130 Å². The molecule has 1 saturated heterocycles. The number of aromatic nitrogens is 1. The molecule has 1 aromatic carbocycles. The summed E-state index contributed by atoms with van der Waals surface area (Å²) in [5.74, 6) is -2.29. The fraction of sp³-hybridized carbons (Fsp3) is 0.643. The number of nitrogens with one attached hydrogen (secondary N) is 1. The first-order valence-electron chi connectivity index (χ1n) is 20.0. The number of hydrogen-bond acceptors (Lipinski definition) is 8. The molecule has 0 radical (unpaired) electrons. The molecule has 0 saturated carbocycles. The van der Waals surface area contributed by atoms with Gasteiger partial charge in [-0.15, -0.1) is 11.3 Å². The predicted octanol–water partition coefficient (Wildman–Crippen LogP) is 4.46. The van der Waals surface area contributed by atoms with Gasteiger partial charge in [0.2, 0.25) is 35.4 Å². The number of amides is 6. The van der Waals surface area contributed by atoms with E-state index in [4.69, 9.17) is 0 Å². The van der Waals surface area contributed by atoms with Gasteiger partial charge in [-0.05, 0) is 49.0 Å². The standard InChI is InChI=1S/C42H65N7O6S/c1-12-17-35(50)47(10)37(29(6)7)42(55)49-21-16-20-33(49)40(53)46(9)34(23-30-18-14-13-15-19-30)38(51)44-32(22-27(2)3)39(52)48(11)36(28(4)5)41(54)45(8)25-31-24-43-26-56-31/h13-15,18-19,24,26-29,32-34,36-37H,12,16-17,20-23,25H2,1-11H3,(H,44,51)/t32-,33-,34-,36-,37-/m0/s1. The van der Waals surface area contributed by atoms with Crippen LogP contribution in [0.4, 0.5) is 0 Å². The number of carbonyl (C=O) groups is 6. The highest BCUT2D eigenvalue weighted by molar-refractivity contribution is 7.09. The highest BCUT2D eigenvalue weighted by atomic mass is 32.1. The molecular formula is C42H65N7O6S. The lowest BCUT2D eigenvalue weighted by Gasteiger charge is -2.38. The van der Waals surface area contributed by atoms with E-state index in [-0.39, 0.29) is 47.8 Å². The molecule has 1 fully saturated rings. The molecule has 0 spiro atoms. The van der Waals surface area contributed by atoms with E-state index < -0.39 is 42.0 Å². The van der Waals surface area contributed by atoms with Crippen molar-refractivity contribution in [2.45, 2.75) is 124 Å². The van der Waals surface area contributed by atoms with E-state index in [0.29, 0.717) is 45.2 Å². The molecular weight excluding hydrogens is 731 g/mol. The number of likely N-dealkylation sites (N-methyl/N-ethyl adjacent to an activating group) is 4. The number of hydrogen-bond donors (Lipinski definition) is 1. The summed E-state index contributed by atoms with van der Waals surface area (Å²) in [6, 6.07) is 5.05. The zero-order chi connectivity index (χ0) is 41.9. The number of thiazole rings is 1. The number of carbonyl (C=O) groups excluding carboxylic acids is 6. The Morgan fingerprint density at radius 1 is 0.875 bits per heavy atom. The van der Waals surface area contributed by atoms with E-state index >= 15 is 0 Å². The van der Waals surface area contributed by atoms with Gasteiger partial charge >= 0.3 is 0 Å². The van der Waals surface area contributed by atoms with Crippen LogP contribution in [0, 0.1) is 17.8 Å². The zero-order valence-corrected chi connectivity index (χ0v) is 36.2. The molecule has 2 heterocycles. The Labute approximate surface area is 338 Å². The van der Waals surface area contributed by atoms with Gasteiger partial charge in [0, 0.05) is 58.7 Å². The molecule has 310 valence electrons. The molecule has 56 heavy (non-hydrogen) atoms. The lowest BCUT2D eigenvalue weighted by atomic mass is 9.97. The molecule has 1 N–H and O–H groups in total. The first kappa shape index (κ1) is 46.1. The summed E-state index contributed by atoms with van der Waals surface area (Å²) < 4.78 is 0. The normalized spacial score (nSPS) is 16.3. The largest absolute Gasteiger partial charge is 0.342 e. The smallest absolute Gasteiger partial charge is 0.246 e. The summed E-state index contributed by atoms with van der Waals surface area (Å²) in [5.41, 5.74) is 2.53. The molecule has 13 nitrogen and oxygen atoms in total. The second kappa shape index (κ2) is 21.3. The van der Waals surface area contributed by atoms with Crippen LogP contribution >= 0.6 is 11.3 Å². The lowest BCUT2D eigenvalue weighted by molar-refractivity contribution is -0.152. The van der Waals surface area contributed by atoms with Crippen molar-refractivity contribution in [2.24, 2.45) is 17.8 Å². The SMILES string of the molecule is CCCC(=O)N(C)[C@H](C(=O)N1CCC[C@H]1C(=O)N(C)[C@@H](Cc1ccccc1)C(=O)N[C@@H](CC(C)C)C(=O)N(C)[C@H](C(=O)N(C)Cc1cncs1)C(C)C)C(C)C. The average Bonchev–Trinajstić information content (AvgIpc) is 3.85. The van der Waals surface area contributed by atoms with Crippen molar-refractivity contribution >= 4 is 46.8 Å². The van der Waals surface area contributed by atoms with Gasteiger partial charge in [0.05, 0.1) is 12.1 Å². The molecule has 0 unspecified atom stereocenters. The summed E-state index contributed by atoms with van der Waals surface area (Å²) >= 11 is 1.45. The Morgan fingerprint density at radius 2 is 1.52 bits per heavy atom. The van der Waals surface area contributed by atoms with Crippen LogP contribution in [0.25, 0.3) is 0 Å². The van der Waals surface area contributed by atoms with Crippen molar-refractivity contribution in [2.75, 3.05) is 34.7 Å². The molecule has 14 heteroatoms. The number of rotatable bonds is 19. The predicted molar refractivity (Wildman–Crippen MR) is 219 cm³/mol. The number of nitrogens with zero attached hydrogens (tertiary/aromatic N) is 6. The van der Waals surface area contributed by atoms with Crippen molar-refractivity contribution in [3.63, 3.8) is 0 Å². The van der Waals surface area contributed by atoms with Gasteiger partial charge in [-0.2, -0.15) is 0 Å². The topological polar surface area (TPSA) is 144 Å². The second-order valence-corrected chi connectivity index (χ2v) is 17.2. The minimum Gasteiger partial charge on any atom is -0.342 e. The fourth-order valence-electron chi connectivity index (χ4n) is 7.63. The highest BCUT2D eigenvalue weighted by Crippen LogP contribution is 2.26. The fourth-order valence-corrected chi connectivity index (χ4v) is 8.28. The van der Waals surface area contributed by atoms with Gasteiger partial charge in [0.25, 0.3) is 0 Å². The molecule has 1 aliphatic heterocycles. The summed E-state index contributed by atoms with van der Waals surface area (Å²) in [4.78, 5) is 96.7. The third-order valence-electron chi connectivity index (χ3n) is 10.6. The Bertz CT molecular complexity index is 1620. The van der Waals surface area contributed by atoms with E-state index in [1.807, 2.05) is 78.8 Å². The Kier molecular flexibility index (Phi) is 17.5. The molecule has 2 aromatic rings. The van der Waals surface area contributed by atoms with Crippen LogP contribution in [0.1, 0.15) is 91.0 Å². The van der Waals surface area contributed by atoms with Crippen LogP contribution in [0.15, 0.2) is 42.0 Å². The summed E-state index contributed by atoms with van der Waals surface area (Å²) in [7, 11) is 6.53. The van der Waals surface area contributed by atoms with Crippen molar-refractivity contribution in [1.82, 2.24) is 34.8 Å². The van der Waals surface area contributed by atoms with Crippen molar-refractivity contribution in [3.8, 4) is 0 Å². The minimum absolute atomic E-state index is 0.0149. The molecule has 0 bridgehead atoms. The maximum Gasteiger partial charge on any atom is 0.246 e. The molecule has 3 rings (SSSR count). The quantitative estimate of drug-likeness (QED) is 0.221. The van der Waals surface area contributed by atoms with Crippen molar-refractivity contribution in [1.29, 1.82) is 0 Å². The van der Waals surface area contributed by atoms with Gasteiger partial charge in [-0.25, -0.2) is 0 Å². The highest BCUT2D eigenvalue weighted by Gasteiger charge is 2.44. The van der Waals surface area contributed by atoms with Gasteiger partial charge in [0.1, 0.15) is 30.2 Å². The molecule has 5 atom stereocenters. The minimum atomic E-state index is -1.02. The zero-order valence-electron chi connectivity index (χ0n) is 35.4. The van der Waals surface area contributed by atoms with Crippen molar-refractivity contribution in [3.05, 3.63) is 52.5 Å². The first-order valence-corrected chi connectivity index (χ1v) is 20.8. The molecule has 6 amide bonds. The van der Waals surface area contributed by atoms with Crippen LogP contribution in [0.2, 0.25) is 0 Å².